The van der Waals surface area contributed by atoms with Crippen LogP contribution in [0.4, 0.5) is 0 Å². The van der Waals surface area contributed by atoms with Crippen molar-refractivity contribution in [3.8, 4) is 0 Å². The highest BCUT2D eigenvalue weighted by Gasteiger charge is 2.22. The van der Waals surface area contributed by atoms with Crippen molar-refractivity contribution in [1.29, 1.82) is 0 Å². The quantitative estimate of drug-likeness (QED) is 0.681. The van der Waals surface area contributed by atoms with Crippen LogP contribution in [0.25, 0.3) is 0 Å². The highest BCUT2D eigenvalue weighted by molar-refractivity contribution is 5.68. The molecule has 6 nitrogen and oxygen atoms in total. The molecule has 0 saturated carbocycles. The van der Waals surface area contributed by atoms with Crippen molar-refractivity contribution in [2.24, 2.45) is 5.73 Å². The molecule has 0 amide bonds. The predicted molar refractivity (Wildman–Crippen MR) is 42.9 cm³/mol. The molecule has 1 aromatic rings. The van der Waals surface area contributed by atoms with E-state index in [-0.39, 0.29) is 18.2 Å². The Morgan fingerprint density at radius 3 is 2.62 bits per heavy atom. The SMILES string of the molecule is CC(C)(N)c1nnc(CC(=O)O)o1. The molecule has 0 aliphatic heterocycles. The number of carboxylic acid groups (broad SMARTS) is 1. The summed E-state index contributed by atoms with van der Waals surface area (Å²) in [5, 5.41) is 15.6. The summed E-state index contributed by atoms with van der Waals surface area (Å²) in [6, 6.07) is 0. The number of hydrogen-bond donors (Lipinski definition) is 2. The molecular weight excluding hydrogens is 174 g/mol. The minimum absolute atomic E-state index is 0.0704. The van der Waals surface area contributed by atoms with Gasteiger partial charge in [-0.2, -0.15) is 0 Å². The van der Waals surface area contributed by atoms with Crippen LogP contribution < -0.4 is 5.73 Å². The first-order valence-electron chi connectivity index (χ1n) is 3.73. The van der Waals surface area contributed by atoms with Gasteiger partial charge in [-0.25, -0.2) is 0 Å². The second-order valence-electron chi connectivity index (χ2n) is 3.29. The summed E-state index contributed by atoms with van der Waals surface area (Å²) in [5.41, 5.74) is 4.92. The molecule has 0 fully saturated rings. The Labute approximate surface area is 74.8 Å². The lowest BCUT2D eigenvalue weighted by molar-refractivity contribution is -0.136. The van der Waals surface area contributed by atoms with Crippen molar-refractivity contribution >= 4 is 5.97 Å². The predicted octanol–water partition coefficient (Wildman–Crippen LogP) is -0.110. The second-order valence-corrected chi connectivity index (χ2v) is 3.29. The van der Waals surface area contributed by atoms with E-state index in [2.05, 4.69) is 10.2 Å². The van der Waals surface area contributed by atoms with Gasteiger partial charge in [-0.15, -0.1) is 10.2 Å². The molecular formula is C7H11N3O3. The smallest absolute Gasteiger partial charge is 0.312 e. The summed E-state index contributed by atoms with van der Waals surface area (Å²) in [5.74, 6) is -0.699. The highest BCUT2D eigenvalue weighted by Crippen LogP contribution is 2.14. The maximum absolute atomic E-state index is 10.3. The van der Waals surface area contributed by atoms with E-state index in [4.69, 9.17) is 15.3 Å². The van der Waals surface area contributed by atoms with Crippen LogP contribution in [0.15, 0.2) is 4.42 Å². The Morgan fingerprint density at radius 1 is 1.62 bits per heavy atom. The maximum Gasteiger partial charge on any atom is 0.312 e. The molecule has 3 N–H and O–H groups in total. The van der Waals surface area contributed by atoms with Crippen molar-refractivity contribution in [3.63, 3.8) is 0 Å². The number of hydrogen-bond acceptors (Lipinski definition) is 5. The third-order valence-corrected chi connectivity index (χ3v) is 1.32. The van der Waals surface area contributed by atoms with E-state index in [1.54, 1.807) is 13.8 Å². The summed E-state index contributed by atoms with van der Waals surface area (Å²) in [6.45, 7) is 3.40. The third-order valence-electron chi connectivity index (χ3n) is 1.32. The lowest BCUT2D eigenvalue weighted by Gasteiger charge is -2.11. The van der Waals surface area contributed by atoms with Gasteiger partial charge in [0.05, 0.1) is 5.54 Å². The molecule has 0 radical (unpaired) electrons. The van der Waals surface area contributed by atoms with E-state index in [1.165, 1.54) is 0 Å². The number of nitrogens with two attached hydrogens (primary N) is 1. The first kappa shape index (κ1) is 9.66. The number of carboxylic acids is 1. The third kappa shape index (κ3) is 2.51. The van der Waals surface area contributed by atoms with Gasteiger partial charge in [0, 0.05) is 0 Å². The monoisotopic (exact) mass is 185 g/mol. The fourth-order valence-corrected chi connectivity index (χ4v) is 0.715. The Kier molecular flexibility index (Phi) is 2.33. The molecule has 1 aromatic heterocycles. The van der Waals surface area contributed by atoms with E-state index in [9.17, 15) is 4.79 Å². The first-order chi connectivity index (χ1) is 5.89. The second kappa shape index (κ2) is 3.14. The Balaban J connectivity index is 2.81. The van der Waals surface area contributed by atoms with Gasteiger partial charge in [0.15, 0.2) is 0 Å². The lowest BCUT2D eigenvalue weighted by atomic mass is 10.1. The number of carbonyl (C=O) groups is 1. The number of nitrogens with zero attached hydrogens (tertiary/aromatic N) is 2. The van der Waals surface area contributed by atoms with Gasteiger partial charge in [0.2, 0.25) is 11.8 Å². The summed E-state index contributed by atoms with van der Waals surface area (Å²) in [7, 11) is 0. The fourth-order valence-electron chi connectivity index (χ4n) is 0.715. The van der Waals surface area contributed by atoms with Crippen LogP contribution in [0.3, 0.4) is 0 Å². The minimum atomic E-state index is -1.01. The maximum atomic E-state index is 10.3. The largest absolute Gasteiger partial charge is 0.481 e. The number of aliphatic carboxylic acids is 1. The van der Waals surface area contributed by atoms with Gasteiger partial charge in [-0.3, -0.25) is 4.79 Å². The number of aromatic nitrogens is 2. The van der Waals surface area contributed by atoms with Crippen molar-refractivity contribution < 1.29 is 14.3 Å². The summed E-state index contributed by atoms with van der Waals surface area (Å²) < 4.78 is 5.03. The zero-order valence-corrected chi connectivity index (χ0v) is 7.44. The van der Waals surface area contributed by atoms with Gasteiger partial charge < -0.3 is 15.3 Å². The van der Waals surface area contributed by atoms with Crippen LogP contribution in [-0.2, 0) is 16.8 Å². The summed E-state index contributed by atoms with van der Waals surface area (Å²) >= 11 is 0. The van der Waals surface area contributed by atoms with E-state index in [0.29, 0.717) is 0 Å². The van der Waals surface area contributed by atoms with Crippen LogP contribution in [0.1, 0.15) is 25.6 Å². The van der Waals surface area contributed by atoms with Gasteiger partial charge in [0.25, 0.3) is 0 Å². The van der Waals surface area contributed by atoms with E-state index in [1.807, 2.05) is 0 Å². The zero-order chi connectivity index (χ0) is 10.1. The van der Waals surface area contributed by atoms with E-state index >= 15 is 0 Å². The van der Waals surface area contributed by atoms with Crippen LogP contribution in [0.2, 0.25) is 0 Å². The average molecular weight is 185 g/mol. The Bertz CT molecular complexity index is 313. The van der Waals surface area contributed by atoms with Gasteiger partial charge >= 0.3 is 5.97 Å². The van der Waals surface area contributed by atoms with Gasteiger partial charge in [-0.05, 0) is 13.8 Å². The molecule has 0 unspecified atom stereocenters. The molecule has 0 aliphatic rings. The molecule has 13 heavy (non-hydrogen) atoms. The molecule has 0 aliphatic carbocycles. The first-order valence-corrected chi connectivity index (χ1v) is 3.73. The molecule has 1 heterocycles. The number of rotatable bonds is 3. The van der Waals surface area contributed by atoms with E-state index < -0.39 is 11.5 Å². The van der Waals surface area contributed by atoms with E-state index in [0.717, 1.165) is 0 Å². The molecule has 0 aromatic carbocycles. The molecule has 0 saturated heterocycles. The van der Waals surface area contributed by atoms with Crippen molar-refractivity contribution in [2.75, 3.05) is 0 Å². The van der Waals surface area contributed by atoms with Crippen LogP contribution in [-0.4, -0.2) is 21.3 Å². The van der Waals surface area contributed by atoms with Crippen LogP contribution >= 0.6 is 0 Å². The fraction of sp³-hybridized carbons (Fsp3) is 0.571. The topological polar surface area (TPSA) is 102 Å². The van der Waals surface area contributed by atoms with Crippen molar-refractivity contribution in [1.82, 2.24) is 10.2 Å². The van der Waals surface area contributed by atoms with Crippen LogP contribution in [0.5, 0.6) is 0 Å². The van der Waals surface area contributed by atoms with Crippen LogP contribution in [0, 0.1) is 0 Å². The molecule has 72 valence electrons. The Morgan fingerprint density at radius 2 is 2.23 bits per heavy atom. The standard InChI is InChI=1S/C7H11N3O3/c1-7(2,8)6-10-9-4(13-6)3-5(11)12/h3,8H2,1-2H3,(H,11,12). The van der Waals surface area contributed by atoms with Gasteiger partial charge in [0.1, 0.15) is 6.42 Å². The molecule has 6 heteroatoms. The van der Waals surface area contributed by atoms with Crippen molar-refractivity contribution in [3.05, 3.63) is 11.8 Å². The van der Waals surface area contributed by atoms with Gasteiger partial charge in [-0.1, -0.05) is 0 Å². The summed E-state index contributed by atoms with van der Waals surface area (Å²) in [6.07, 6.45) is -0.275. The molecule has 0 atom stereocenters. The lowest BCUT2D eigenvalue weighted by Crippen LogP contribution is -2.29. The normalized spacial score (nSPS) is 11.6. The Hall–Kier alpha value is -1.43. The minimum Gasteiger partial charge on any atom is -0.481 e. The molecule has 0 spiro atoms. The highest BCUT2D eigenvalue weighted by atomic mass is 16.4. The molecule has 0 bridgehead atoms. The van der Waals surface area contributed by atoms with Crippen molar-refractivity contribution in [2.45, 2.75) is 25.8 Å². The molecule has 1 rings (SSSR count). The summed E-state index contributed by atoms with van der Waals surface area (Å²) in [4.78, 5) is 10.3. The zero-order valence-electron chi connectivity index (χ0n) is 7.44. The average Bonchev–Trinajstić information content (AvgIpc) is 2.32.